The number of aromatic nitrogens is 2. The normalized spacial score (nSPS) is 17.2. The molecule has 1 amide bonds. The predicted molar refractivity (Wildman–Crippen MR) is 108 cm³/mol. The van der Waals surface area contributed by atoms with Crippen molar-refractivity contribution in [1.29, 1.82) is 0 Å². The molecule has 2 aliphatic heterocycles. The summed E-state index contributed by atoms with van der Waals surface area (Å²) in [6, 6.07) is 0. The first-order valence-electron chi connectivity index (χ1n) is 10.2. The summed E-state index contributed by atoms with van der Waals surface area (Å²) in [7, 11) is 2.02. The number of hydrogen-bond acceptors (Lipinski definition) is 2. The minimum absolute atomic E-state index is 0.326. The smallest absolute Gasteiger partial charge is 0.243 e. The highest BCUT2D eigenvalue weighted by molar-refractivity contribution is 5.77. The van der Waals surface area contributed by atoms with Gasteiger partial charge in [0.05, 0.1) is 13.6 Å². The van der Waals surface area contributed by atoms with Gasteiger partial charge in [-0.15, -0.1) is 0 Å². The summed E-state index contributed by atoms with van der Waals surface area (Å²) in [6.07, 6.45) is 13.3. The number of amides is 1. The van der Waals surface area contributed by atoms with Crippen LogP contribution in [0.5, 0.6) is 0 Å². The minimum Gasteiger partial charge on any atom is -0.376 e. The summed E-state index contributed by atoms with van der Waals surface area (Å²) in [5, 5.41) is 0. The number of imidazole rings is 1. The monoisotopic (exact) mass is 363 g/mol. The Hall–Kier alpha value is -1.78. The van der Waals surface area contributed by atoms with E-state index >= 15 is 0 Å². The molecule has 0 radical (unpaired) electrons. The van der Waals surface area contributed by atoms with Crippen molar-refractivity contribution in [1.82, 2.24) is 14.4 Å². The molecule has 26 heavy (non-hydrogen) atoms. The van der Waals surface area contributed by atoms with Gasteiger partial charge in [0.2, 0.25) is 12.2 Å². The number of allylic oxidation sites excluding steroid dienone is 1. The molecule has 0 N–H and O–H groups in total. The first kappa shape index (κ1) is 22.3. The molecule has 0 unspecified atom stereocenters. The Morgan fingerprint density at radius 1 is 0.962 bits per heavy atom. The molecule has 1 aromatic rings. The van der Waals surface area contributed by atoms with E-state index in [0.717, 1.165) is 39.0 Å². The van der Waals surface area contributed by atoms with Crippen LogP contribution in [0.3, 0.4) is 0 Å². The molecule has 0 atom stereocenters. The number of aryl methyl sites for hydroxylation is 2. The molecule has 0 bridgehead atoms. The molecule has 3 rings (SSSR count). The first-order chi connectivity index (χ1) is 12.5. The maximum Gasteiger partial charge on any atom is 0.243 e. The molecule has 5 nitrogen and oxygen atoms in total. The first-order valence-corrected chi connectivity index (χ1v) is 10.2. The fraction of sp³-hybridized carbons (Fsp3) is 0.714. The predicted octanol–water partition coefficient (Wildman–Crippen LogP) is 3.36. The van der Waals surface area contributed by atoms with E-state index in [-0.39, 0.29) is 0 Å². The van der Waals surface area contributed by atoms with Crippen molar-refractivity contribution in [2.45, 2.75) is 65.8 Å². The van der Waals surface area contributed by atoms with Crippen LogP contribution in [-0.2, 0) is 18.4 Å². The molecule has 148 valence electrons. The lowest BCUT2D eigenvalue weighted by Gasteiger charge is -2.22. The van der Waals surface area contributed by atoms with Crippen LogP contribution in [0.1, 0.15) is 59.3 Å². The van der Waals surface area contributed by atoms with Gasteiger partial charge >= 0.3 is 0 Å². The molecule has 1 aromatic heterocycles. The molecular weight excluding hydrogens is 324 g/mol. The molecule has 2 fully saturated rings. The third-order valence-electron chi connectivity index (χ3n) is 4.96. The van der Waals surface area contributed by atoms with E-state index in [9.17, 15) is 4.79 Å². The molecule has 2 aliphatic rings. The number of hydrogen-bond donors (Lipinski definition) is 0. The van der Waals surface area contributed by atoms with Crippen molar-refractivity contribution < 1.29 is 9.36 Å². The summed E-state index contributed by atoms with van der Waals surface area (Å²) in [5.41, 5.74) is 1.35. The summed E-state index contributed by atoms with van der Waals surface area (Å²) in [5.74, 6) is 0.326. The van der Waals surface area contributed by atoms with Crippen LogP contribution in [-0.4, -0.2) is 46.5 Å². The highest BCUT2D eigenvalue weighted by atomic mass is 16.2. The van der Waals surface area contributed by atoms with E-state index in [4.69, 9.17) is 0 Å². The van der Waals surface area contributed by atoms with Crippen molar-refractivity contribution >= 4 is 5.91 Å². The van der Waals surface area contributed by atoms with Crippen molar-refractivity contribution in [2.75, 3.05) is 26.2 Å². The van der Waals surface area contributed by atoms with Gasteiger partial charge in [-0.3, -0.25) is 4.79 Å². The van der Waals surface area contributed by atoms with Gasteiger partial charge in [-0.25, -0.2) is 9.13 Å². The van der Waals surface area contributed by atoms with Gasteiger partial charge < -0.3 is 9.80 Å². The van der Waals surface area contributed by atoms with E-state index in [1.165, 1.54) is 37.9 Å². The van der Waals surface area contributed by atoms with Crippen LogP contribution in [0.25, 0.3) is 0 Å². The second kappa shape index (κ2) is 12.6. The summed E-state index contributed by atoms with van der Waals surface area (Å²) in [6.45, 7) is 15.7. The van der Waals surface area contributed by atoms with Crippen molar-refractivity contribution in [3.63, 3.8) is 0 Å². The van der Waals surface area contributed by atoms with Crippen LogP contribution in [0.15, 0.2) is 31.0 Å². The number of carbonyl (C=O) groups excluding carboxylic acids is 1. The van der Waals surface area contributed by atoms with Gasteiger partial charge in [0.15, 0.2) is 0 Å². The molecule has 5 heteroatoms. The van der Waals surface area contributed by atoms with Crippen molar-refractivity contribution in [3.05, 3.63) is 31.0 Å². The second-order valence-electron chi connectivity index (χ2n) is 6.94. The van der Waals surface area contributed by atoms with Crippen LogP contribution in [0, 0.1) is 0 Å². The molecule has 2 saturated heterocycles. The SMILES string of the molecule is C=C1CCCCCN1CC.CCN1CCCC1=O.CCn1cc[n+](C)c1. The third-order valence-corrected chi connectivity index (χ3v) is 4.96. The van der Waals surface area contributed by atoms with Gasteiger partial charge in [-0.05, 0) is 46.5 Å². The van der Waals surface area contributed by atoms with Crippen LogP contribution in [0.4, 0.5) is 0 Å². The van der Waals surface area contributed by atoms with Gasteiger partial charge in [0, 0.05) is 38.3 Å². The quantitative estimate of drug-likeness (QED) is 0.772. The van der Waals surface area contributed by atoms with Gasteiger partial charge in [0.1, 0.15) is 12.4 Å². The maximum atomic E-state index is 10.7. The highest BCUT2D eigenvalue weighted by Crippen LogP contribution is 2.17. The lowest BCUT2D eigenvalue weighted by molar-refractivity contribution is -0.671. The maximum absolute atomic E-state index is 10.7. The standard InChI is InChI=1S/C9H17N.C6H11N2.C6H11NO/c1-3-10-8-6-4-5-7-9(10)2;1-3-8-5-4-7(2)6-8;1-2-7-5-3-4-6(7)8/h2-8H2,1H3;4-6H,3H2,1-2H3;2-5H2,1H3/q;+1;. The zero-order chi connectivity index (χ0) is 19.4. The van der Waals surface area contributed by atoms with Gasteiger partial charge in [-0.2, -0.15) is 0 Å². The van der Waals surface area contributed by atoms with E-state index in [2.05, 4.69) is 42.4 Å². The minimum atomic E-state index is 0.326. The van der Waals surface area contributed by atoms with E-state index in [0.29, 0.717) is 5.91 Å². The Labute approximate surface area is 160 Å². The number of nitrogens with zero attached hydrogens (tertiary/aromatic N) is 4. The summed E-state index contributed by atoms with van der Waals surface area (Å²) >= 11 is 0. The van der Waals surface area contributed by atoms with Crippen molar-refractivity contribution in [2.24, 2.45) is 7.05 Å². The largest absolute Gasteiger partial charge is 0.376 e. The molecule has 0 saturated carbocycles. The van der Waals surface area contributed by atoms with Crippen molar-refractivity contribution in [3.8, 4) is 0 Å². The Balaban J connectivity index is 0.000000197. The fourth-order valence-corrected chi connectivity index (χ4v) is 3.23. The van der Waals surface area contributed by atoms with Crippen LogP contribution in [0.2, 0.25) is 0 Å². The van der Waals surface area contributed by atoms with Gasteiger partial charge in [-0.1, -0.05) is 13.0 Å². The number of likely N-dealkylation sites (tertiary alicyclic amines) is 2. The van der Waals surface area contributed by atoms with Crippen LogP contribution < -0.4 is 4.57 Å². The zero-order valence-electron chi connectivity index (χ0n) is 17.4. The van der Waals surface area contributed by atoms with E-state index in [1.54, 1.807) is 0 Å². The molecule has 0 aromatic carbocycles. The summed E-state index contributed by atoms with van der Waals surface area (Å²) < 4.78 is 4.16. The number of rotatable bonds is 3. The van der Waals surface area contributed by atoms with E-state index in [1.807, 2.05) is 29.6 Å². The Kier molecular flexibility index (Phi) is 10.7. The number of carbonyl (C=O) groups is 1. The second-order valence-corrected chi connectivity index (χ2v) is 6.94. The Morgan fingerprint density at radius 2 is 1.65 bits per heavy atom. The van der Waals surface area contributed by atoms with Crippen LogP contribution >= 0.6 is 0 Å². The lowest BCUT2D eigenvalue weighted by atomic mass is 10.2. The molecule has 0 aliphatic carbocycles. The Bertz CT molecular complexity index is 538. The average Bonchev–Trinajstić information content (AvgIpc) is 3.20. The zero-order valence-corrected chi connectivity index (χ0v) is 17.4. The summed E-state index contributed by atoms with van der Waals surface area (Å²) in [4.78, 5) is 15.0. The lowest BCUT2D eigenvalue weighted by Crippen LogP contribution is -2.23. The molecule has 3 heterocycles. The molecule has 0 spiro atoms. The third kappa shape index (κ3) is 8.07. The highest BCUT2D eigenvalue weighted by Gasteiger charge is 2.17. The topological polar surface area (TPSA) is 32.4 Å². The van der Waals surface area contributed by atoms with E-state index < -0.39 is 0 Å². The molecular formula is C21H39N4O+. The van der Waals surface area contributed by atoms with Gasteiger partial charge in [0.25, 0.3) is 0 Å². The Morgan fingerprint density at radius 3 is 2.08 bits per heavy atom. The average molecular weight is 364 g/mol. The fourth-order valence-electron chi connectivity index (χ4n) is 3.23.